The van der Waals surface area contributed by atoms with Crippen LogP contribution in [0.3, 0.4) is 0 Å². The third-order valence-corrected chi connectivity index (χ3v) is 5.66. The van der Waals surface area contributed by atoms with Crippen LogP contribution in [-0.4, -0.2) is 73.2 Å². The molecule has 0 atom stereocenters. The Morgan fingerprint density at radius 1 is 1.04 bits per heavy atom. The van der Waals surface area contributed by atoms with Gasteiger partial charge in [-0.1, -0.05) is 6.07 Å². The van der Waals surface area contributed by atoms with Crippen molar-refractivity contribution in [3.8, 4) is 0 Å². The third-order valence-electron chi connectivity index (χ3n) is 5.66. The van der Waals surface area contributed by atoms with Crippen molar-refractivity contribution in [2.75, 3.05) is 57.4 Å². The monoisotopic (exact) mass is 384 g/mol. The van der Waals surface area contributed by atoms with E-state index in [2.05, 4.69) is 46.8 Å². The number of piperazine rings is 1. The van der Waals surface area contributed by atoms with Crippen molar-refractivity contribution in [3.05, 3.63) is 47.2 Å². The van der Waals surface area contributed by atoms with Crippen LogP contribution in [0.1, 0.15) is 27.5 Å². The van der Waals surface area contributed by atoms with Crippen LogP contribution in [0.15, 0.2) is 28.9 Å². The second-order valence-electron chi connectivity index (χ2n) is 7.56. The second kappa shape index (κ2) is 8.32. The van der Waals surface area contributed by atoms with Gasteiger partial charge in [-0.25, -0.2) is 4.98 Å². The molecule has 0 N–H and O–H groups in total. The van der Waals surface area contributed by atoms with Crippen LogP contribution < -0.4 is 4.90 Å². The lowest BCUT2D eigenvalue weighted by Gasteiger charge is -2.35. The van der Waals surface area contributed by atoms with Crippen molar-refractivity contribution in [1.82, 2.24) is 14.8 Å². The highest BCUT2D eigenvalue weighted by atomic mass is 16.5. The minimum atomic E-state index is -0.0714. The van der Waals surface area contributed by atoms with Crippen molar-refractivity contribution in [2.24, 2.45) is 0 Å². The number of aromatic nitrogens is 1. The van der Waals surface area contributed by atoms with Gasteiger partial charge in [0.25, 0.3) is 5.91 Å². The van der Waals surface area contributed by atoms with Gasteiger partial charge in [0.15, 0.2) is 5.69 Å². The summed E-state index contributed by atoms with van der Waals surface area (Å²) in [5.74, 6) is 0.536. The van der Waals surface area contributed by atoms with Gasteiger partial charge in [0.2, 0.25) is 5.89 Å². The van der Waals surface area contributed by atoms with Crippen LogP contribution >= 0.6 is 0 Å². The molecule has 0 radical (unpaired) electrons. The average molecular weight is 384 g/mol. The number of hydrogen-bond acceptors (Lipinski definition) is 6. The summed E-state index contributed by atoms with van der Waals surface area (Å²) in [5.41, 5.74) is 4.34. The van der Waals surface area contributed by atoms with Crippen molar-refractivity contribution >= 4 is 11.6 Å². The van der Waals surface area contributed by atoms with Crippen molar-refractivity contribution < 1.29 is 13.9 Å². The van der Waals surface area contributed by atoms with Gasteiger partial charge in [-0.3, -0.25) is 9.69 Å². The summed E-state index contributed by atoms with van der Waals surface area (Å²) >= 11 is 0. The molecule has 2 saturated heterocycles. The highest BCUT2D eigenvalue weighted by Crippen LogP contribution is 2.21. The normalized spacial score (nSPS) is 18.5. The zero-order valence-corrected chi connectivity index (χ0v) is 16.7. The second-order valence-corrected chi connectivity index (χ2v) is 7.56. The van der Waals surface area contributed by atoms with E-state index in [4.69, 9.17) is 9.15 Å². The van der Waals surface area contributed by atoms with Gasteiger partial charge in [0.05, 0.1) is 19.8 Å². The van der Waals surface area contributed by atoms with E-state index >= 15 is 0 Å². The Morgan fingerprint density at radius 2 is 1.79 bits per heavy atom. The standard InChI is InChI=1S/C21H28N4O3/c1-16-3-4-18(13-17(16)2)24-7-5-23(6-8-24)14-20-22-19(15-28-20)21(26)25-9-11-27-12-10-25/h3-4,13,15H,5-12,14H2,1-2H3. The molecule has 0 bridgehead atoms. The van der Waals surface area contributed by atoms with E-state index in [-0.39, 0.29) is 5.91 Å². The fourth-order valence-corrected chi connectivity index (χ4v) is 3.69. The first-order chi connectivity index (χ1) is 13.6. The van der Waals surface area contributed by atoms with E-state index in [9.17, 15) is 4.79 Å². The molecule has 0 aliphatic carbocycles. The Hall–Kier alpha value is -2.38. The maximum absolute atomic E-state index is 12.5. The van der Waals surface area contributed by atoms with Crippen molar-refractivity contribution in [3.63, 3.8) is 0 Å². The minimum Gasteiger partial charge on any atom is -0.447 e. The Balaban J connectivity index is 1.31. The first kappa shape index (κ1) is 19.0. The molecule has 4 rings (SSSR count). The highest BCUT2D eigenvalue weighted by molar-refractivity contribution is 5.92. The molecule has 1 aromatic carbocycles. The molecular weight excluding hydrogens is 356 g/mol. The first-order valence-corrected chi connectivity index (χ1v) is 9.96. The SMILES string of the molecule is Cc1ccc(N2CCN(Cc3nc(C(=O)N4CCOCC4)co3)CC2)cc1C. The molecule has 2 aromatic rings. The van der Waals surface area contributed by atoms with E-state index in [0.29, 0.717) is 44.4 Å². The van der Waals surface area contributed by atoms with Crippen LogP contribution in [-0.2, 0) is 11.3 Å². The number of nitrogens with zero attached hydrogens (tertiary/aromatic N) is 4. The van der Waals surface area contributed by atoms with Crippen LogP contribution in [0.25, 0.3) is 0 Å². The zero-order chi connectivity index (χ0) is 19.5. The lowest BCUT2D eigenvalue weighted by molar-refractivity contribution is 0.0299. The lowest BCUT2D eigenvalue weighted by atomic mass is 10.1. The van der Waals surface area contributed by atoms with Gasteiger partial charge in [-0.05, 0) is 37.1 Å². The molecule has 7 heteroatoms. The molecule has 2 aliphatic rings. The number of aryl methyl sites for hydroxylation is 2. The Kier molecular flexibility index (Phi) is 5.64. The molecule has 0 spiro atoms. The fraction of sp³-hybridized carbons (Fsp3) is 0.524. The summed E-state index contributed by atoms with van der Waals surface area (Å²) in [5, 5.41) is 0. The minimum absolute atomic E-state index is 0.0714. The number of benzene rings is 1. The van der Waals surface area contributed by atoms with Crippen molar-refractivity contribution in [1.29, 1.82) is 0 Å². The molecule has 2 fully saturated rings. The summed E-state index contributed by atoms with van der Waals surface area (Å²) < 4.78 is 10.9. The molecule has 1 amide bonds. The molecule has 3 heterocycles. The van der Waals surface area contributed by atoms with Gasteiger partial charge in [0.1, 0.15) is 6.26 Å². The van der Waals surface area contributed by atoms with Gasteiger partial charge < -0.3 is 19.0 Å². The van der Waals surface area contributed by atoms with Crippen LogP contribution in [0.4, 0.5) is 5.69 Å². The first-order valence-electron chi connectivity index (χ1n) is 9.96. The van der Waals surface area contributed by atoms with E-state index in [1.54, 1.807) is 4.90 Å². The summed E-state index contributed by atoms with van der Waals surface area (Å²) in [6, 6.07) is 6.66. The number of amides is 1. The number of carbonyl (C=O) groups excluding carboxylic acids is 1. The highest BCUT2D eigenvalue weighted by Gasteiger charge is 2.23. The van der Waals surface area contributed by atoms with E-state index in [1.165, 1.54) is 23.1 Å². The quantitative estimate of drug-likeness (QED) is 0.804. The van der Waals surface area contributed by atoms with E-state index < -0.39 is 0 Å². The summed E-state index contributed by atoms with van der Waals surface area (Å²) in [6.45, 7) is 11.2. The molecule has 0 saturated carbocycles. The van der Waals surface area contributed by atoms with Gasteiger partial charge in [0, 0.05) is 45.0 Å². The maximum Gasteiger partial charge on any atom is 0.275 e. The molecule has 150 valence electrons. The molecule has 28 heavy (non-hydrogen) atoms. The summed E-state index contributed by atoms with van der Waals surface area (Å²) in [7, 11) is 0. The molecular formula is C21H28N4O3. The smallest absolute Gasteiger partial charge is 0.275 e. The topological polar surface area (TPSA) is 62.0 Å². The fourth-order valence-electron chi connectivity index (χ4n) is 3.69. The zero-order valence-electron chi connectivity index (χ0n) is 16.7. The molecule has 7 nitrogen and oxygen atoms in total. The number of ether oxygens (including phenoxy) is 1. The predicted octanol–water partition coefficient (Wildman–Crippen LogP) is 2.09. The third kappa shape index (κ3) is 4.20. The number of morpholine rings is 1. The van der Waals surface area contributed by atoms with E-state index in [0.717, 1.165) is 26.2 Å². The van der Waals surface area contributed by atoms with Crippen LogP contribution in [0.2, 0.25) is 0 Å². The number of hydrogen-bond donors (Lipinski definition) is 0. The number of anilines is 1. The Morgan fingerprint density at radius 3 is 2.50 bits per heavy atom. The number of carbonyl (C=O) groups is 1. The Bertz CT molecular complexity index is 821. The van der Waals surface area contributed by atoms with Crippen molar-refractivity contribution in [2.45, 2.75) is 20.4 Å². The Labute approximate surface area is 165 Å². The molecule has 1 aromatic heterocycles. The number of oxazole rings is 1. The van der Waals surface area contributed by atoms with Gasteiger partial charge in [-0.15, -0.1) is 0 Å². The molecule has 2 aliphatic heterocycles. The summed E-state index contributed by atoms with van der Waals surface area (Å²) in [4.78, 5) is 23.4. The largest absolute Gasteiger partial charge is 0.447 e. The van der Waals surface area contributed by atoms with Crippen LogP contribution in [0, 0.1) is 13.8 Å². The predicted molar refractivity (Wildman–Crippen MR) is 107 cm³/mol. The average Bonchev–Trinajstić information content (AvgIpc) is 3.19. The van der Waals surface area contributed by atoms with Gasteiger partial charge in [-0.2, -0.15) is 0 Å². The molecule has 0 unspecified atom stereocenters. The number of rotatable bonds is 4. The lowest BCUT2D eigenvalue weighted by Crippen LogP contribution is -2.46. The van der Waals surface area contributed by atoms with E-state index in [1.807, 2.05) is 0 Å². The maximum atomic E-state index is 12.5. The van der Waals surface area contributed by atoms with Crippen LogP contribution in [0.5, 0.6) is 0 Å². The van der Waals surface area contributed by atoms with Gasteiger partial charge >= 0.3 is 0 Å². The summed E-state index contributed by atoms with van der Waals surface area (Å²) in [6.07, 6.45) is 1.48.